The van der Waals surface area contributed by atoms with Crippen LogP contribution < -0.4 is 9.47 Å². The van der Waals surface area contributed by atoms with E-state index in [9.17, 15) is 4.79 Å². The fraction of sp³-hybridized carbons (Fsp3) is 0.241. The van der Waals surface area contributed by atoms with E-state index in [0.717, 1.165) is 39.4 Å². The van der Waals surface area contributed by atoms with Gasteiger partial charge in [-0.1, -0.05) is 56.3 Å². The molecule has 0 fully saturated rings. The van der Waals surface area contributed by atoms with Crippen molar-refractivity contribution in [3.05, 3.63) is 101 Å². The lowest BCUT2D eigenvalue weighted by atomic mass is 9.95. The number of nitrogens with zero attached hydrogens (tertiary/aromatic N) is 2. The number of fused-ring (bicyclic) bond motifs is 1. The zero-order valence-corrected chi connectivity index (χ0v) is 20.2. The molecule has 1 aromatic heterocycles. The van der Waals surface area contributed by atoms with E-state index in [4.69, 9.17) is 9.47 Å². The minimum atomic E-state index is -0.223. The molecule has 2 heterocycles. The molecule has 1 unspecified atom stereocenters. The average Bonchev–Trinajstić information content (AvgIpc) is 3.43. The van der Waals surface area contributed by atoms with Gasteiger partial charge in [0.25, 0.3) is 5.91 Å². The van der Waals surface area contributed by atoms with Crippen LogP contribution in [0.3, 0.4) is 0 Å². The number of methoxy groups -OCH3 is 1. The van der Waals surface area contributed by atoms with E-state index in [-0.39, 0.29) is 11.9 Å². The third kappa shape index (κ3) is 4.52. The SMILES string of the molecule is COc1ccc(-c2n[nH]c3c2C(c2ccc(OCc4ccccc4)cc2)N(CC(C)C)C3=O)cc1. The van der Waals surface area contributed by atoms with Gasteiger partial charge in [-0.3, -0.25) is 9.89 Å². The van der Waals surface area contributed by atoms with Gasteiger partial charge in [0.05, 0.1) is 18.8 Å². The summed E-state index contributed by atoms with van der Waals surface area (Å²) in [5, 5.41) is 7.56. The molecule has 35 heavy (non-hydrogen) atoms. The van der Waals surface area contributed by atoms with Crippen molar-refractivity contribution >= 4 is 5.91 Å². The second-order valence-corrected chi connectivity index (χ2v) is 9.19. The van der Waals surface area contributed by atoms with Crippen LogP contribution in [-0.4, -0.2) is 34.7 Å². The largest absolute Gasteiger partial charge is 0.497 e. The van der Waals surface area contributed by atoms with Crippen LogP contribution in [-0.2, 0) is 6.61 Å². The summed E-state index contributed by atoms with van der Waals surface area (Å²) in [4.78, 5) is 15.3. The summed E-state index contributed by atoms with van der Waals surface area (Å²) in [5.41, 5.74) is 5.35. The molecule has 5 rings (SSSR count). The Morgan fingerprint density at radius 3 is 2.29 bits per heavy atom. The Hall–Kier alpha value is -4.06. The highest BCUT2D eigenvalue weighted by Crippen LogP contribution is 2.43. The number of amides is 1. The summed E-state index contributed by atoms with van der Waals surface area (Å²) in [7, 11) is 1.65. The first-order valence-corrected chi connectivity index (χ1v) is 11.9. The maximum absolute atomic E-state index is 13.4. The van der Waals surface area contributed by atoms with Gasteiger partial charge in [0.15, 0.2) is 0 Å². The van der Waals surface area contributed by atoms with Gasteiger partial charge in [-0.2, -0.15) is 5.10 Å². The quantitative estimate of drug-likeness (QED) is 0.352. The molecule has 6 nitrogen and oxygen atoms in total. The van der Waals surface area contributed by atoms with Crippen molar-refractivity contribution in [1.29, 1.82) is 0 Å². The van der Waals surface area contributed by atoms with Gasteiger partial charge in [0.1, 0.15) is 23.8 Å². The van der Waals surface area contributed by atoms with E-state index < -0.39 is 0 Å². The second kappa shape index (κ2) is 9.66. The van der Waals surface area contributed by atoms with Crippen LogP contribution in [0.2, 0.25) is 0 Å². The van der Waals surface area contributed by atoms with E-state index in [1.807, 2.05) is 83.8 Å². The number of ether oxygens (including phenoxy) is 2. The van der Waals surface area contributed by atoms with E-state index in [2.05, 4.69) is 24.0 Å². The Kier molecular flexibility index (Phi) is 6.27. The molecule has 0 spiro atoms. The molecule has 6 heteroatoms. The summed E-state index contributed by atoms with van der Waals surface area (Å²) in [6, 6.07) is 25.7. The van der Waals surface area contributed by atoms with E-state index in [1.165, 1.54) is 0 Å². The van der Waals surface area contributed by atoms with Crippen LogP contribution in [0.25, 0.3) is 11.3 Å². The van der Waals surface area contributed by atoms with Crippen molar-refractivity contribution in [3.63, 3.8) is 0 Å². The molecule has 178 valence electrons. The fourth-order valence-electron chi connectivity index (χ4n) is 4.58. The summed E-state index contributed by atoms with van der Waals surface area (Å²) >= 11 is 0. The van der Waals surface area contributed by atoms with Gasteiger partial charge in [0.2, 0.25) is 0 Å². The third-order valence-corrected chi connectivity index (χ3v) is 6.23. The zero-order valence-electron chi connectivity index (χ0n) is 20.2. The molecule has 0 bridgehead atoms. The van der Waals surface area contributed by atoms with Gasteiger partial charge < -0.3 is 14.4 Å². The number of carbonyl (C=O) groups is 1. The lowest BCUT2D eigenvalue weighted by Gasteiger charge is -2.28. The predicted octanol–water partition coefficient (Wildman–Crippen LogP) is 5.87. The molecule has 0 saturated heterocycles. The zero-order chi connectivity index (χ0) is 24.4. The van der Waals surface area contributed by atoms with E-state index in [0.29, 0.717) is 24.8 Å². The number of hydrogen-bond donors (Lipinski definition) is 1. The number of carbonyl (C=O) groups excluding carboxylic acids is 1. The van der Waals surface area contributed by atoms with Crippen LogP contribution in [0.4, 0.5) is 0 Å². The standard InChI is InChI=1S/C29H29N3O3/c1-19(2)17-32-28(22-11-15-24(16-12-22)35-18-20-7-5-4-6-8-20)25-26(30-31-27(25)29(32)33)21-9-13-23(34-3)14-10-21/h4-16,19,28H,17-18H2,1-3H3,(H,30,31). The topological polar surface area (TPSA) is 67.5 Å². The number of hydrogen-bond acceptors (Lipinski definition) is 4. The predicted molar refractivity (Wildman–Crippen MR) is 136 cm³/mol. The van der Waals surface area contributed by atoms with Crippen LogP contribution >= 0.6 is 0 Å². The summed E-state index contributed by atoms with van der Waals surface area (Å²) in [5.74, 6) is 1.88. The molecule has 1 amide bonds. The highest BCUT2D eigenvalue weighted by atomic mass is 16.5. The smallest absolute Gasteiger partial charge is 0.273 e. The Balaban J connectivity index is 1.48. The molecular formula is C29H29N3O3. The first-order valence-electron chi connectivity index (χ1n) is 11.9. The monoisotopic (exact) mass is 467 g/mol. The number of aromatic nitrogens is 2. The number of rotatable bonds is 8. The van der Waals surface area contributed by atoms with E-state index in [1.54, 1.807) is 7.11 Å². The third-order valence-electron chi connectivity index (χ3n) is 6.23. The minimum Gasteiger partial charge on any atom is -0.497 e. The highest BCUT2D eigenvalue weighted by Gasteiger charge is 2.42. The first-order chi connectivity index (χ1) is 17.0. The van der Waals surface area contributed by atoms with Crippen molar-refractivity contribution in [1.82, 2.24) is 15.1 Å². The van der Waals surface area contributed by atoms with Gasteiger partial charge in [0, 0.05) is 17.7 Å². The summed E-state index contributed by atoms with van der Waals surface area (Å²) < 4.78 is 11.3. The molecule has 0 saturated carbocycles. The van der Waals surface area contributed by atoms with Crippen molar-refractivity contribution in [3.8, 4) is 22.8 Å². The molecule has 0 radical (unpaired) electrons. The van der Waals surface area contributed by atoms with Crippen LogP contribution in [0.5, 0.6) is 11.5 Å². The molecule has 1 atom stereocenters. The normalized spacial score (nSPS) is 14.9. The summed E-state index contributed by atoms with van der Waals surface area (Å²) in [6.45, 7) is 5.41. The average molecular weight is 468 g/mol. The van der Waals surface area contributed by atoms with Crippen LogP contribution in [0, 0.1) is 5.92 Å². The lowest BCUT2D eigenvalue weighted by molar-refractivity contribution is 0.0722. The van der Waals surface area contributed by atoms with Crippen molar-refractivity contribution in [2.45, 2.75) is 26.5 Å². The molecular weight excluding hydrogens is 438 g/mol. The molecule has 4 aromatic rings. The Bertz CT molecular complexity index is 1300. The van der Waals surface area contributed by atoms with E-state index >= 15 is 0 Å². The second-order valence-electron chi connectivity index (χ2n) is 9.19. The number of nitrogens with one attached hydrogen (secondary N) is 1. The van der Waals surface area contributed by atoms with Crippen molar-refractivity contribution < 1.29 is 14.3 Å². The number of benzene rings is 3. The molecule has 1 aliphatic heterocycles. The maximum Gasteiger partial charge on any atom is 0.273 e. The summed E-state index contributed by atoms with van der Waals surface area (Å²) in [6.07, 6.45) is 0. The van der Waals surface area contributed by atoms with Crippen molar-refractivity contribution in [2.24, 2.45) is 5.92 Å². The lowest BCUT2D eigenvalue weighted by Crippen LogP contribution is -2.32. The fourth-order valence-corrected chi connectivity index (χ4v) is 4.58. The van der Waals surface area contributed by atoms with Crippen LogP contribution in [0.15, 0.2) is 78.9 Å². The molecule has 3 aromatic carbocycles. The molecule has 0 aliphatic carbocycles. The van der Waals surface area contributed by atoms with Gasteiger partial charge in [-0.15, -0.1) is 0 Å². The first kappa shape index (κ1) is 22.7. The van der Waals surface area contributed by atoms with Gasteiger partial charge in [-0.05, 0) is 53.4 Å². The Morgan fingerprint density at radius 2 is 1.63 bits per heavy atom. The van der Waals surface area contributed by atoms with Crippen LogP contribution in [0.1, 0.15) is 47.1 Å². The van der Waals surface area contributed by atoms with Gasteiger partial charge in [-0.25, -0.2) is 0 Å². The number of aromatic amines is 1. The van der Waals surface area contributed by atoms with Crippen molar-refractivity contribution in [2.75, 3.05) is 13.7 Å². The molecule has 1 N–H and O–H groups in total. The Morgan fingerprint density at radius 1 is 0.943 bits per heavy atom. The Labute approximate surface area is 205 Å². The maximum atomic E-state index is 13.4. The minimum absolute atomic E-state index is 0.0182. The molecule has 1 aliphatic rings. The van der Waals surface area contributed by atoms with Gasteiger partial charge >= 0.3 is 0 Å². The number of H-pyrrole nitrogens is 1. The highest BCUT2D eigenvalue weighted by molar-refractivity contribution is 6.00.